The Hall–Kier alpha value is -1.67. The first kappa shape index (κ1) is 33.2. The highest BCUT2D eigenvalue weighted by Gasteiger charge is 2.89. The first-order chi connectivity index (χ1) is 20.5. The molecule has 2 spiro atoms. The number of ether oxygens (including phenoxy) is 4. The van der Waals surface area contributed by atoms with Crippen molar-refractivity contribution in [2.75, 3.05) is 0 Å². The van der Waals surface area contributed by atoms with Crippen LogP contribution in [0.3, 0.4) is 0 Å². The molecule has 8 heteroatoms. The molecule has 6 fully saturated rings. The molecule has 0 radical (unpaired) electrons. The molecule has 0 unspecified atom stereocenters. The second kappa shape index (κ2) is 9.70. The van der Waals surface area contributed by atoms with Crippen LogP contribution in [0.25, 0.3) is 0 Å². The average molecular weight is 631 g/mol. The zero-order chi connectivity index (χ0) is 33.4. The van der Waals surface area contributed by atoms with Crippen LogP contribution in [0.5, 0.6) is 0 Å². The second-order valence-corrected chi connectivity index (χ2v) is 18.1. The molecule has 5 aliphatic carbocycles. The molecule has 0 amide bonds. The van der Waals surface area contributed by atoms with Gasteiger partial charge in [0.25, 0.3) is 0 Å². The summed E-state index contributed by atoms with van der Waals surface area (Å²) < 4.78 is 25.5. The van der Waals surface area contributed by atoms with Gasteiger partial charge in [0.05, 0.1) is 17.3 Å². The van der Waals surface area contributed by atoms with E-state index in [2.05, 4.69) is 41.5 Å². The van der Waals surface area contributed by atoms with Crippen LogP contribution in [0.1, 0.15) is 134 Å². The van der Waals surface area contributed by atoms with Gasteiger partial charge in [-0.25, -0.2) is 0 Å². The lowest BCUT2D eigenvalue weighted by molar-refractivity contribution is -0.258. The lowest BCUT2D eigenvalue weighted by atomic mass is 9.37. The van der Waals surface area contributed by atoms with E-state index >= 15 is 0 Å². The Morgan fingerprint density at radius 3 is 1.93 bits per heavy atom. The van der Waals surface area contributed by atoms with Crippen molar-refractivity contribution < 1.29 is 38.4 Å². The summed E-state index contributed by atoms with van der Waals surface area (Å²) in [5.41, 5.74) is -2.65. The number of hydrogen-bond acceptors (Lipinski definition) is 8. The maximum Gasteiger partial charge on any atom is 0.302 e. The minimum Gasteiger partial charge on any atom is -0.462 e. The molecule has 6 aliphatic rings. The standard InChI is InChI=1S/C37H58O8/c1-21(38)42-24-19-33(9)25-18-28(44-23(3)40)35(11)30(4,5)26(43-22(2)39)13-15-37(35)20-36(25,37)17-16-32(33,8)29(24)34(10)14-12-27(45-34)31(6,7)41/h24-29,41H,12-20H2,1-11H3/t24-,25+,26-,27-,28-,29-,32+,33-,34-,35-,36-,37+/m0/s1. The van der Waals surface area contributed by atoms with Crippen LogP contribution < -0.4 is 0 Å². The highest BCUT2D eigenvalue weighted by atomic mass is 16.6. The normalized spacial score (nSPS) is 51.2. The summed E-state index contributed by atoms with van der Waals surface area (Å²) in [5, 5.41) is 10.9. The number of carbonyl (C=O) groups is 3. The molecule has 5 saturated carbocycles. The van der Waals surface area contributed by atoms with E-state index in [1.165, 1.54) is 20.8 Å². The van der Waals surface area contributed by atoms with Crippen molar-refractivity contribution in [3.8, 4) is 0 Å². The smallest absolute Gasteiger partial charge is 0.302 e. The minimum atomic E-state index is -0.961. The van der Waals surface area contributed by atoms with Gasteiger partial charge >= 0.3 is 17.9 Å². The van der Waals surface area contributed by atoms with Crippen LogP contribution >= 0.6 is 0 Å². The van der Waals surface area contributed by atoms with Crippen molar-refractivity contribution in [1.29, 1.82) is 0 Å². The molecule has 0 bridgehead atoms. The van der Waals surface area contributed by atoms with Crippen LogP contribution in [0.4, 0.5) is 0 Å². The zero-order valence-corrected chi connectivity index (χ0v) is 29.6. The molecule has 6 rings (SSSR count). The number of esters is 3. The van der Waals surface area contributed by atoms with Gasteiger partial charge in [-0.15, -0.1) is 0 Å². The third-order valence-electron chi connectivity index (χ3n) is 15.7. The first-order valence-electron chi connectivity index (χ1n) is 17.5. The maximum atomic E-state index is 12.8. The summed E-state index contributed by atoms with van der Waals surface area (Å²) in [7, 11) is 0. The summed E-state index contributed by atoms with van der Waals surface area (Å²) >= 11 is 0. The van der Waals surface area contributed by atoms with E-state index in [4.69, 9.17) is 18.9 Å². The van der Waals surface area contributed by atoms with Crippen LogP contribution in [0.15, 0.2) is 0 Å². The predicted octanol–water partition coefficient (Wildman–Crippen LogP) is 6.54. The van der Waals surface area contributed by atoms with Gasteiger partial charge in [-0.2, -0.15) is 0 Å². The average Bonchev–Trinajstić information content (AvgIpc) is 3.27. The SMILES string of the molecule is CC(=O)O[C@H]1C[C@@]2(C)[C@H]3C[C@H](OC(C)=O)[C@@]4(C)C(C)(C)[C@@H](OC(C)=O)CC[C@@]45C[C@@]35CC[C@]2(C)[C@H]1[C@]1(C)CC[C@@H](C(C)(C)O)O1. The van der Waals surface area contributed by atoms with Crippen molar-refractivity contribution in [2.45, 2.75) is 170 Å². The van der Waals surface area contributed by atoms with E-state index in [0.29, 0.717) is 0 Å². The number of aliphatic hydroxyl groups is 1. The van der Waals surface area contributed by atoms with Crippen LogP contribution in [-0.4, -0.2) is 58.6 Å². The monoisotopic (exact) mass is 630 g/mol. The van der Waals surface area contributed by atoms with Gasteiger partial charge in [0, 0.05) is 37.5 Å². The lowest BCUT2D eigenvalue weighted by Gasteiger charge is -2.68. The first-order valence-corrected chi connectivity index (χ1v) is 17.5. The number of carbonyl (C=O) groups excluding carboxylic acids is 3. The van der Waals surface area contributed by atoms with Crippen LogP contribution in [0, 0.1) is 44.3 Å². The Morgan fingerprint density at radius 1 is 0.778 bits per heavy atom. The molecule has 1 heterocycles. The fourth-order valence-electron chi connectivity index (χ4n) is 13.5. The highest BCUT2D eigenvalue weighted by Crippen LogP contribution is 2.92. The summed E-state index contributed by atoms with van der Waals surface area (Å²) in [6.07, 6.45) is 6.78. The van der Waals surface area contributed by atoms with Crippen LogP contribution in [0.2, 0.25) is 0 Å². The summed E-state index contributed by atoms with van der Waals surface area (Å²) in [4.78, 5) is 37.7. The molecular weight excluding hydrogens is 572 g/mol. The minimum absolute atomic E-state index is 0.0325. The van der Waals surface area contributed by atoms with E-state index in [0.717, 1.165) is 57.8 Å². The zero-order valence-electron chi connectivity index (χ0n) is 29.6. The second-order valence-electron chi connectivity index (χ2n) is 18.1. The van der Waals surface area contributed by atoms with Gasteiger partial charge in [0.1, 0.15) is 18.3 Å². The molecule has 12 atom stereocenters. The Morgan fingerprint density at radius 2 is 1.38 bits per heavy atom. The van der Waals surface area contributed by atoms with Crippen molar-refractivity contribution >= 4 is 17.9 Å². The van der Waals surface area contributed by atoms with Gasteiger partial charge < -0.3 is 24.1 Å². The number of rotatable bonds is 5. The van der Waals surface area contributed by atoms with Crippen LogP contribution in [-0.2, 0) is 33.3 Å². The van der Waals surface area contributed by atoms with Crippen molar-refractivity contribution in [3.05, 3.63) is 0 Å². The van der Waals surface area contributed by atoms with E-state index in [9.17, 15) is 19.5 Å². The van der Waals surface area contributed by atoms with Gasteiger partial charge in [-0.1, -0.05) is 34.6 Å². The largest absolute Gasteiger partial charge is 0.462 e. The fourth-order valence-corrected chi connectivity index (χ4v) is 13.5. The van der Waals surface area contributed by atoms with E-state index in [-0.39, 0.29) is 81.2 Å². The molecule has 8 nitrogen and oxygen atoms in total. The Bertz CT molecular complexity index is 1290. The van der Waals surface area contributed by atoms with Gasteiger partial charge in [0.15, 0.2) is 0 Å². The Balaban J connectivity index is 1.44. The van der Waals surface area contributed by atoms with Gasteiger partial charge in [0.2, 0.25) is 0 Å². The predicted molar refractivity (Wildman–Crippen MR) is 168 cm³/mol. The fraction of sp³-hybridized carbons (Fsp3) is 0.919. The Kier molecular flexibility index (Phi) is 7.17. The highest BCUT2D eigenvalue weighted by molar-refractivity contribution is 5.67. The van der Waals surface area contributed by atoms with Gasteiger partial charge in [-0.3, -0.25) is 14.4 Å². The van der Waals surface area contributed by atoms with Crippen molar-refractivity contribution in [1.82, 2.24) is 0 Å². The third-order valence-corrected chi connectivity index (χ3v) is 15.7. The topological polar surface area (TPSA) is 108 Å². The molecule has 45 heavy (non-hydrogen) atoms. The van der Waals surface area contributed by atoms with Gasteiger partial charge in [-0.05, 0) is 106 Å². The van der Waals surface area contributed by atoms with Crippen molar-refractivity contribution in [3.63, 3.8) is 0 Å². The molecule has 1 N–H and O–H groups in total. The molecular formula is C37H58O8. The third kappa shape index (κ3) is 4.12. The lowest BCUT2D eigenvalue weighted by Crippen LogP contribution is -2.67. The number of hydrogen-bond donors (Lipinski definition) is 1. The molecule has 0 aromatic heterocycles. The Labute approximate surface area is 270 Å². The molecule has 0 aromatic rings. The molecule has 1 saturated heterocycles. The van der Waals surface area contributed by atoms with E-state index in [1.807, 2.05) is 13.8 Å². The van der Waals surface area contributed by atoms with E-state index < -0.39 is 16.6 Å². The van der Waals surface area contributed by atoms with Crippen molar-refractivity contribution in [2.24, 2.45) is 44.3 Å². The van der Waals surface area contributed by atoms with E-state index in [1.54, 1.807) is 0 Å². The quantitative estimate of drug-likeness (QED) is 0.270. The summed E-state index contributed by atoms with van der Waals surface area (Å²) in [5.74, 6) is -0.575. The molecule has 1 aliphatic heterocycles. The molecule has 0 aromatic carbocycles. The summed E-state index contributed by atoms with van der Waals surface area (Å²) in [6.45, 7) is 21.9. The summed E-state index contributed by atoms with van der Waals surface area (Å²) in [6, 6.07) is 0. The maximum absolute atomic E-state index is 12.8. The number of fused-ring (bicyclic) bond motifs is 2. The molecule has 254 valence electrons.